The van der Waals surface area contributed by atoms with Crippen molar-refractivity contribution in [2.45, 2.75) is 25.6 Å². The Balaban J connectivity index is 1.38. The van der Waals surface area contributed by atoms with Crippen molar-refractivity contribution in [3.05, 3.63) is 77.0 Å². The van der Waals surface area contributed by atoms with Gasteiger partial charge >= 0.3 is 0 Å². The van der Waals surface area contributed by atoms with Crippen LogP contribution in [0, 0.1) is 12.3 Å². The molecule has 0 amide bonds. The van der Waals surface area contributed by atoms with Gasteiger partial charge < -0.3 is 4.90 Å². The highest BCUT2D eigenvalue weighted by Gasteiger charge is 2.27. The molecule has 0 aromatic heterocycles. The normalized spacial score (nSPS) is 20.0. The summed E-state index contributed by atoms with van der Waals surface area (Å²) in [6, 6.07) is 17.7. The van der Waals surface area contributed by atoms with Crippen molar-refractivity contribution in [1.29, 1.82) is 0 Å². The van der Waals surface area contributed by atoms with Gasteiger partial charge in [0.1, 0.15) is 0 Å². The van der Waals surface area contributed by atoms with Gasteiger partial charge in [0, 0.05) is 44.0 Å². The zero-order chi connectivity index (χ0) is 16.4. The van der Waals surface area contributed by atoms with E-state index < -0.39 is 0 Å². The molecule has 120 valence electrons. The molecule has 2 nitrogen and oxygen atoms in total. The van der Waals surface area contributed by atoms with Gasteiger partial charge in [0.2, 0.25) is 0 Å². The van der Waals surface area contributed by atoms with E-state index in [2.05, 4.69) is 64.4 Å². The van der Waals surface area contributed by atoms with Crippen LogP contribution in [0.5, 0.6) is 0 Å². The highest BCUT2D eigenvalue weighted by molar-refractivity contribution is 5.55. The molecule has 2 aromatic rings. The molecule has 0 bridgehead atoms. The van der Waals surface area contributed by atoms with E-state index in [1.54, 1.807) is 0 Å². The first-order valence-corrected chi connectivity index (χ1v) is 8.61. The van der Waals surface area contributed by atoms with Crippen molar-refractivity contribution in [3.63, 3.8) is 0 Å². The van der Waals surface area contributed by atoms with E-state index in [-0.39, 0.29) is 0 Å². The third-order valence-corrected chi connectivity index (χ3v) is 5.10. The van der Waals surface area contributed by atoms with Crippen molar-refractivity contribution >= 4 is 6.08 Å². The van der Waals surface area contributed by atoms with Gasteiger partial charge in [-0.05, 0) is 41.3 Å². The van der Waals surface area contributed by atoms with Gasteiger partial charge in [-0.25, -0.2) is 0 Å². The number of rotatable bonds is 3. The number of hydrogen-bond acceptors (Lipinski definition) is 2. The van der Waals surface area contributed by atoms with E-state index in [0.29, 0.717) is 6.04 Å². The standard InChI is InChI=1S/C22H22N2/c1-2-18-7-9-19(10-8-18)15-23-13-12-22(17-23)24-14-11-20-5-3-4-6-21(20)16-24/h1,3-11,14,22H,12-13,15-17H2/t22-/m1/s1. The Morgan fingerprint density at radius 3 is 2.75 bits per heavy atom. The summed E-state index contributed by atoms with van der Waals surface area (Å²) in [5.41, 5.74) is 5.09. The summed E-state index contributed by atoms with van der Waals surface area (Å²) in [6.07, 6.45) is 11.2. The van der Waals surface area contributed by atoms with Crippen LogP contribution in [0.2, 0.25) is 0 Å². The average Bonchev–Trinajstić information content (AvgIpc) is 3.10. The average molecular weight is 314 g/mol. The smallest absolute Gasteiger partial charge is 0.0433 e. The lowest BCUT2D eigenvalue weighted by atomic mass is 10.0. The Kier molecular flexibility index (Phi) is 4.11. The van der Waals surface area contributed by atoms with E-state index in [1.807, 2.05) is 12.1 Å². The first-order chi connectivity index (χ1) is 11.8. The molecule has 1 atom stereocenters. The Morgan fingerprint density at radius 2 is 1.92 bits per heavy atom. The minimum Gasteiger partial charge on any atom is -0.369 e. The second-order valence-electron chi connectivity index (χ2n) is 6.71. The van der Waals surface area contributed by atoms with Crippen molar-refractivity contribution < 1.29 is 0 Å². The van der Waals surface area contributed by atoms with Crippen molar-refractivity contribution in [2.75, 3.05) is 13.1 Å². The van der Waals surface area contributed by atoms with Gasteiger partial charge in [-0.15, -0.1) is 6.42 Å². The zero-order valence-corrected chi connectivity index (χ0v) is 13.9. The van der Waals surface area contributed by atoms with Crippen LogP contribution in [0.25, 0.3) is 6.08 Å². The van der Waals surface area contributed by atoms with Gasteiger partial charge in [0.15, 0.2) is 0 Å². The Bertz CT molecular complexity index is 782. The minimum atomic E-state index is 0.611. The first-order valence-electron chi connectivity index (χ1n) is 8.61. The van der Waals surface area contributed by atoms with Gasteiger partial charge in [0.05, 0.1) is 0 Å². The fourth-order valence-electron chi connectivity index (χ4n) is 3.71. The molecule has 2 heterocycles. The van der Waals surface area contributed by atoms with Crippen LogP contribution < -0.4 is 0 Å². The molecule has 4 rings (SSSR count). The van der Waals surface area contributed by atoms with Crippen LogP contribution in [-0.2, 0) is 13.1 Å². The van der Waals surface area contributed by atoms with Crippen LogP contribution in [0.3, 0.4) is 0 Å². The van der Waals surface area contributed by atoms with Crippen LogP contribution in [0.15, 0.2) is 54.7 Å². The van der Waals surface area contributed by atoms with Crippen molar-refractivity contribution in [1.82, 2.24) is 9.80 Å². The number of nitrogens with zero attached hydrogens (tertiary/aromatic N) is 2. The van der Waals surface area contributed by atoms with Gasteiger partial charge in [-0.3, -0.25) is 4.90 Å². The molecule has 2 heteroatoms. The largest absolute Gasteiger partial charge is 0.369 e. The molecule has 2 aromatic carbocycles. The molecule has 0 N–H and O–H groups in total. The van der Waals surface area contributed by atoms with Gasteiger partial charge in [0.25, 0.3) is 0 Å². The molecule has 0 saturated carbocycles. The van der Waals surface area contributed by atoms with Crippen LogP contribution in [0.1, 0.15) is 28.7 Å². The molecule has 0 spiro atoms. The van der Waals surface area contributed by atoms with Crippen LogP contribution >= 0.6 is 0 Å². The minimum absolute atomic E-state index is 0.611. The highest BCUT2D eigenvalue weighted by Crippen LogP contribution is 2.25. The summed E-state index contributed by atoms with van der Waals surface area (Å²) >= 11 is 0. The fourth-order valence-corrected chi connectivity index (χ4v) is 3.71. The molecule has 24 heavy (non-hydrogen) atoms. The predicted octanol–water partition coefficient (Wildman–Crippen LogP) is 3.73. The van der Waals surface area contributed by atoms with Crippen molar-refractivity contribution in [2.24, 2.45) is 0 Å². The number of hydrogen-bond donors (Lipinski definition) is 0. The third kappa shape index (κ3) is 3.09. The summed E-state index contributed by atoms with van der Waals surface area (Å²) in [5, 5.41) is 0. The maximum atomic E-state index is 5.43. The Morgan fingerprint density at radius 1 is 1.08 bits per heavy atom. The molecular weight excluding hydrogens is 292 g/mol. The maximum absolute atomic E-state index is 5.43. The quantitative estimate of drug-likeness (QED) is 0.797. The summed E-state index contributed by atoms with van der Waals surface area (Å²) in [5.74, 6) is 2.68. The maximum Gasteiger partial charge on any atom is 0.0433 e. The SMILES string of the molecule is C#Cc1ccc(CN2CC[C@@H](N3C=Cc4ccccc4C3)C2)cc1. The van der Waals surface area contributed by atoms with Gasteiger partial charge in [-0.2, -0.15) is 0 Å². The summed E-state index contributed by atoms with van der Waals surface area (Å²) in [7, 11) is 0. The number of likely N-dealkylation sites (tertiary alicyclic amines) is 1. The molecular formula is C22H22N2. The number of benzene rings is 2. The Hall–Kier alpha value is -2.50. The fraction of sp³-hybridized carbons (Fsp3) is 0.273. The lowest BCUT2D eigenvalue weighted by Crippen LogP contribution is -2.34. The molecule has 0 radical (unpaired) electrons. The first kappa shape index (κ1) is 15.1. The lowest BCUT2D eigenvalue weighted by Gasteiger charge is -2.31. The molecule has 2 aliphatic heterocycles. The molecule has 1 fully saturated rings. The second-order valence-corrected chi connectivity index (χ2v) is 6.71. The van der Waals surface area contributed by atoms with Crippen molar-refractivity contribution in [3.8, 4) is 12.3 Å². The third-order valence-electron chi connectivity index (χ3n) is 5.10. The van der Waals surface area contributed by atoms with Crippen LogP contribution in [0.4, 0.5) is 0 Å². The zero-order valence-electron chi connectivity index (χ0n) is 13.9. The van der Waals surface area contributed by atoms with Crippen LogP contribution in [-0.4, -0.2) is 28.9 Å². The van der Waals surface area contributed by atoms with E-state index in [0.717, 1.165) is 31.7 Å². The van der Waals surface area contributed by atoms with Gasteiger partial charge in [-0.1, -0.05) is 42.3 Å². The monoisotopic (exact) mass is 314 g/mol. The highest BCUT2D eigenvalue weighted by atomic mass is 15.2. The van der Waals surface area contributed by atoms with E-state index in [9.17, 15) is 0 Å². The Labute approximate surface area is 144 Å². The second kappa shape index (κ2) is 6.55. The lowest BCUT2D eigenvalue weighted by molar-refractivity contribution is 0.247. The van der Waals surface area contributed by atoms with E-state index in [1.165, 1.54) is 23.1 Å². The summed E-state index contributed by atoms with van der Waals surface area (Å²) in [4.78, 5) is 5.05. The van der Waals surface area contributed by atoms with E-state index >= 15 is 0 Å². The summed E-state index contributed by atoms with van der Waals surface area (Å²) < 4.78 is 0. The topological polar surface area (TPSA) is 6.48 Å². The molecule has 2 aliphatic rings. The molecule has 1 saturated heterocycles. The van der Waals surface area contributed by atoms with E-state index in [4.69, 9.17) is 6.42 Å². The molecule has 0 unspecified atom stereocenters. The summed E-state index contributed by atoms with van der Waals surface area (Å²) in [6.45, 7) is 4.33. The predicted molar refractivity (Wildman–Crippen MR) is 99.1 cm³/mol. The number of terminal acetylenes is 1. The molecule has 0 aliphatic carbocycles. The number of fused-ring (bicyclic) bond motifs is 1.